The predicted molar refractivity (Wildman–Crippen MR) is 149 cm³/mol. The van der Waals surface area contributed by atoms with Crippen LogP contribution in [0.15, 0.2) is 80.1 Å². The Morgan fingerprint density at radius 2 is 1.98 bits per heavy atom. The number of carbonyl (C=O) groups is 1. The van der Waals surface area contributed by atoms with Crippen LogP contribution < -0.4 is 24.4 Å². The number of carbonyl (C=O) groups excluding carboxylic acids is 1. The van der Waals surface area contributed by atoms with Gasteiger partial charge in [-0.15, -0.1) is 0 Å². The molecule has 1 unspecified atom stereocenters. The lowest BCUT2D eigenvalue weighted by molar-refractivity contribution is -0.139. The monoisotopic (exact) mass is 555 g/mol. The van der Waals surface area contributed by atoms with Crippen LogP contribution in [0.2, 0.25) is 0 Å². The van der Waals surface area contributed by atoms with Crippen molar-refractivity contribution in [2.24, 2.45) is 4.99 Å². The standard InChI is InChI=1S/C30H25N3O6S/c1-5-38-29(35)26-17(2)32-30-33(27(26)22-14-19(36-3)10-12-23(22)37-4)28(34)25(40-30)15-20-11-13-24(39-20)21-9-7-6-8-18(21)16-31/h6-15,27H,5H2,1-4H3. The predicted octanol–water partition coefficient (Wildman–Crippen LogP) is 3.95. The number of furan rings is 1. The number of thiazole rings is 1. The molecule has 1 atom stereocenters. The van der Waals surface area contributed by atoms with Gasteiger partial charge in [0.1, 0.15) is 29.1 Å². The van der Waals surface area contributed by atoms with Crippen molar-refractivity contribution in [1.82, 2.24) is 4.57 Å². The summed E-state index contributed by atoms with van der Waals surface area (Å²) >= 11 is 1.18. The highest BCUT2D eigenvalue weighted by atomic mass is 32.1. The summed E-state index contributed by atoms with van der Waals surface area (Å²) in [7, 11) is 3.06. The first-order valence-electron chi connectivity index (χ1n) is 12.4. The highest BCUT2D eigenvalue weighted by molar-refractivity contribution is 7.07. The lowest BCUT2D eigenvalue weighted by Crippen LogP contribution is -2.40. The molecule has 0 radical (unpaired) electrons. The smallest absolute Gasteiger partial charge is 0.338 e. The summed E-state index contributed by atoms with van der Waals surface area (Å²) < 4.78 is 24.3. The molecule has 40 heavy (non-hydrogen) atoms. The molecule has 4 aromatic rings. The van der Waals surface area contributed by atoms with Gasteiger partial charge in [-0.05, 0) is 56.3 Å². The van der Waals surface area contributed by atoms with Crippen molar-refractivity contribution in [3.05, 3.63) is 102 Å². The number of allylic oxidation sites excluding steroid dienone is 1. The summed E-state index contributed by atoms with van der Waals surface area (Å²) in [6, 6.07) is 17.1. The van der Waals surface area contributed by atoms with Gasteiger partial charge >= 0.3 is 5.97 Å². The highest BCUT2D eigenvalue weighted by Gasteiger charge is 2.35. The summed E-state index contributed by atoms with van der Waals surface area (Å²) in [5.74, 6) is 1.39. The second-order valence-electron chi connectivity index (χ2n) is 8.77. The van der Waals surface area contributed by atoms with Gasteiger partial charge in [0, 0.05) is 17.2 Å². The van der Waals surface area contributed by atoms with Gasteiger partial charge in [-0.2, -0.15) is 5.26 Å². The zero-order chi connectivity index (χ0) is 28.4. The molecule has 2 aromatic carbocycles. The van der Waals surface area contributed by atoms with Gasteiger partial charge in [0.25, 0.3) is 5.56 Å². The van der Waals surface area contributed by atoms with Gasteiger partial charge in [-0.3, -0.25) is 9.36 Å². The molecule has 0 saturated heterocycles. The van der Waals surface area contributed by atoms with Crippen molar-refractivity contribution < 1.29 is 23.4 Å². The summed E-state index contributed by atoms with van der Waals surface area (Å²) in [6.07, 6.45) is 1.63. The van der Waals surface area contributed by atoms with Gasteiger partial charge in [-0.25, -0.2) is 9.79 Å². The minimum atomic E-state index is -0.864. The van der Waals surface area contributed by atoms with Crippen LogP contribution in [0.1, 0.15) is 36.8 Å². The molecule has 1 aliphatic rings. The number of methoxy groups -OCH3 is 2. The lowest BCUT2D eigenvalue weighted by atomic mass is 9.95. The molecule has 2 aromatic heterocycles. The van der Waals surface area contributed by atoms with Crippen molar-refractivity contribution in [2.75, 3.05) is 20.8 Å². The minimum absolute atomic E-state index is 0.164. The third-order valence-corrected chi connectivity index (χ3v) is 7.44. The summed E-state index contributed by atoms with van der Waals surface area (Å²) in [6.45, 7) is 3.60. The van der Waals surface area contributed by atoms with Crippen LogP contribution in [0.3, 0.4) is 0 Å². The van der Waals surface area contributed by atoms with E-state index in [1.54, 1.807) is 68.5 Å². The van der Waals surface area contributed by atoms with E-state index in [1.807, 2.05) is 6.07 Å². The summed E-state index contributed by atoms with van der Waals surface area (Å²) in [5, 5.41) is 9.45. The van der Waals surface area contributed by atoms with Crippen molar-refractivity contribution in [1.29, 1.82) is 5.26 Å². The first-order valence-corrected chi connectivity index (χ1v) is 13.2. The van der Waals surface area contributed by atoms with E-state index in [0.717, 1.165) is 0 Å². The quantitative estimate of drug-likeness (QED) is 0.317. The van der Waals surface area contributed by atoms with Gasteiger partial charge in [0.2, 0.25) is 0 Å². The van der Waals surface area contributed by atoms with Crippen LogP contribution in [0.5, 0.6) is 11.5 Å². The maximum Gasteiger partial charge on any atom is 0.338 e. The first kappa shape index (κ1) is 26.7. The Morgan fingerprint density at radius 3 is 2.70 bits per heavy atom. The molecule has 10 heteroatoms. The Balaban J connectivity index is 1.69. The zero-order valence-corrected chi connectivity index (χ0v) is 23.1. The van der Waals surface area contributed by atoms with E-state index in [-0.39, 0.29) is 17.7 Å². The summed E-state index contributed by atoms with van der Waals surface area (Å²) in [5.41, 5.74) is 2.02. The summed E-state index contributed by atoms with van der Waals surface area (Å²) in [4.78, 5) is 32.1. The maximum absolute atomic E-state index is 13.9. The number of nitriles is 1. The minimum Gasteiger partial charge on any atom is -0.497 e. The van der Waals surface area contributed by atoms with E-state index in [2.05, 4.69) is 11.1 Å². The Morgan fingerprint density at radius 1 is 1.18 bits per heavy atom. The molecule has 0 spiro atoms. The number of nitrogens with zero attached hydrogens (tertiary/aromatic N) is 3. The Kier molecular flexibility index (Phi) is 7.40. The third-order valence-electron chi connectivity index (χ3n) is 6.46. The third kappa shape index (κ3) is 4.72. The number of fused-ring (bicyclic) bond motifs is 1. The number of benzene rings is 2. The maximum atomic E-state index is 13.9. The lowest BCUT2D eigenvalue weighted by Gasteiger charge is -2.26. The van der Waals surface area contributed by atoms with Gasteiger partial charge < -0.3 is 18.6 Å². The van der Waals surface area contributed by atoms with Crippen molar-refractivity contribution in [2.45, 2.75) is 19.9 Å². The van der Waals surface area contributed by atoms with E-state index in [9.17, 15) is 14.9 Å². The zero-order valence-electron chi connectivity index (χ0n) is 22.3. The fraction of sp³-hybridized carbons (Fsp3) is 0.200. The van der Waals surface area contributed by atoms with E-state index in [0.29, 0.717) is 54.7 Å². The Hall–Kier alpha value is -4.88. The molecular weight excluding hydrogens is 530 g/mol. The van der Waals surface area contributed by atoms with E-state index in [4.69, 9.17) is 18.6 Å². The van der Waals surface area contributed by atoms with Gasteiger partial charge in [0.15, 0.2) is 4.80 Å². The van der Waals surface area contributed by atoms with Crippen molar-refractivity contribution >= 4 is 23.4 Å². The number of hydrogen-bond acceptors (Lipinski definition) is 9. The fourth-order valence-corrected chi connectivity index (χ4v) is 5.67. The van der Waals surface area contributed by atoms with Crippen LogP contribution in [0.25, 0.3) is 17.4 Å². The Bertz CT molecular complexity index is 1870. The number of rotatable bonds is 7. The topological polar surface area (TPSA) is 116 Å². The van der Waals surface area contributed by atoms with Crippen molar-refractivity contribution in [3.63, 3.8) is 0 Å². The average Bonchev–Trinajstić information content (AvgIpc) is 3.56. The number of aromatic nitrogens is 1. The molecule has 0 bridgehead atoms. The van der Waals surface area contributed by atoms with Gasteiger partial charge in [0.05, 0.1) is 48.3 Å². The molecule has 5 rings (SSSR count). The number of esters is 1. The number of hydrogen-bond donors (Lipinski definition) is 0. The molecule has 0 amide bonds. The van der Waals surface area contributed by atoms with Crippen LogP contribution in [-0.2, 0) is 9.53 Å². The van der Waals surface area contributed by atoms with Crippen molar-refractivity contribution in [3.8, 4) is 28.9 Å². The molecule has 3 heterocycles. The van der Waals surface area contributed by atoms with Crippen LogP contribution in [-0.4, -0.2) is 31.4 Å². The van der Waals surface area contributed by atoms with Crippen LogP contribution in [0.4, 0.5) is 0 Å². The van der Waals surface area contributed by atoms with Gasteiger partial charge in [-0.1, -0.05) is 23.5 Å². The average molecular weight is 556 g/mol. The van der Waals surface area contributed by atoms with Crippen LogP contribution in [0, 0.1) is 11.3 Å². The first-order chi connectivity index (χ1) is 19.4. The molecule has 202 valence electrons. The largest absolute Gasteiger partial charge is 0.497 e. The Labute approximate surface area is 233 Å². The fourth-order valence-electron chi connectivity index (χ4n) is 4.64. The number of ether oxygens (including phenoxy) is 3. The second kappa shape index (κ2) is 11.1. The molecule has 0 fully saturated rings. The molecular formula is C30H25N3O6S. The molecule has 9 nitrogen and oxygen atoms in total. The van der Waals surface area contributed by atoms with E-state index < -0.39 is 12.0 Å². The highest BCUT2D eigenvalue weighted by Crippen LogP contribution is 2.38. The van der Waals surface area contributed by atoms with E-state index in [1.165, 1.54) is 30.1 Å². The molecule has 0 N–H and O–H groups in total. The molecule has 0 saturated carbocycles. The normalized spacial score (nSPS) is 14.8. The second-order valence-corrected chi connectivity index (χ2v) is 9.78. The SMILES string of the molecule is CCOC(=O)C1=C(C)N=c2sc(=Cc3ccc(-c4ccccc4C#N)o3)c(=O)n2C1c1cc(OC)ccc1OC. The molecule has 1 aliphatic heterocycles. The van der Waals surface area contributed by atoms with E-state index >= 15 is 0 Å². The van der Waals surface area contributed by atoms with Crippen LogP contribution >= 0.6 is 11.3 Å². The molecule has 0 aliphatic carbocycles.